The lowest BCUT2D eigenvalue weighted by atomic mass is 10.4. The number of benzene rings is 1. The summed E-state index contributed by atoms with van der Waals surface area (Å²) in [7, 11) is -3.96. The third-order valence-corrected chi connectivity index (χ3v) is 6.83. The number of thioether (sulfide) groups is 1. The van der Waals surface area contributed by atoms with Crippen LogP contribution in [-0.2, 0) is 9.84 Å². The molecule has 0 amide bonds. The maximum atomic E-state index is 13.2. The van der Waals surface area contributed by atoms with E-state index >= 15 is 0 Å². The molecule has 2 aromatic heterocycles. The van der Waals surface area contributed by atoms with Gasteiger partial charge >= 0.3 is 0 Å². The van der Waals surface area contributed by atoms with E-state index in [1.165, 1.54) is 34.5 Å². The highest BCUT2D eigenvalue weighted by molar-refractivity contribution is 7.99. The van der Waals surface area contributed by atoms with Crippen LogP contribution in [0, 0.1) is 6.92 Å². The molecule has 0 saturated carbocycles. The first-order valence-electron chi connectivity index (χ1n) is 6.55. The summed E-state index contributed by atoms with van der Waals surface area (Å²) >= 11 is 19.3. The number of aromatic nitrogens is 3. The molecule has 0 bridgehead atoms. The number of hydrogen-bond acceptors (Lipinski definition) is 5. The summed E-state index contributed by atoms with van der Waals surface area (Å²) in [6.07, 6.45) is 1.73. The van der Waals surface area contributed by atoms with Crippen molar-refractivity contribution in [1.82, 2.24) is 14.6 Å². The second-order valence-electron chi connectivity index (χ2n) is 4.87. The summed E-state index contributed by atoms with van der Waals surface area (Å²) in [6, 6.07) is 5.82. The highest BCUT2D eigenvalue weighted by Crippen LogP contribution is 2.36. The zero-order valence-electron chi connectivity index (χ0n) is 12.4. The first-order chi connectivity index (χ1) is 11.3. The second-order valence-corrected chi connectivity index (χ2v) is 8.75. The number of aryl methyl sites for hydroxylation is 1. The van der Waals surface area contributed by atoms with Gasteiger partial charge < -0.3 is 0 Å². The fourth-order valence-electron chi connectivity index (χ4n) is 2.23. The molecule has 0 aliphatic rings. The summed E-state index contributed by atoms with van der Waals surface area (Å²) in [5.41, 5.74) is 0.745. The quantitative estimate of drug-likeness (QED) is 0.457. The first kappa shape index (κ1) is 17.8. The summed E-state index contributed by atoms with van der Waals surface area (Å²) in [4.78, 5) is 4.22. The van der Waals surface area contributed by atoms with Crippen LogP contribution in [0.1, 0.15) is 5.69 Å². The van der Waals surface area contributed by atoms with E-state index in [0.717, 1.165) is 0 Å². The van der Waals surface area contributed by atoms with Gasteiger partial charge in [-0.3, -0.25) is 0 Å². The molecule has 0 fully saturated rings. The van der Waals surface area contributed by atoms with Gasteiger partial charge in [-0.15, -0.1) is 11.8 Å². The Kier molecular flexibility index (Phi) is 4.74. The number of sulfone groups is 1. The molecule has 126 valence electrons. The fraction of sp³-hybridized carbons (Fsp3) is 0.143. The molecule has 3 rings (SSSR count). The van der Waals surface area contributed by atoms with Gasteiger partial charge in [-0.25, -0.2) is 17.9 Å². The number of nitrogens with zero attached hydrogens (tertiary/aromatic N) is 3. The third-order valence-electron chi connectivity index (χ3n) is 3.25. The van der Waals surface area contributed by atoms with Crippen LogP contribution < -0.4 is 0 Å². The minimum atomic E-state index is -3.96. The van der Waals surface area contributed by atoms with Gasteiger partial charge in [-0.1, -0.05) is 34.8 Å². The van der Waals surface area contributed by atoms with Crippen LogP contribution in [0.3, 0.4) is 0 Å². The van der Waals surface area contributed by atoms with E-state index in [-0.39, 0.29) is 25.6 Å². The van der Waals surface area contributed by atoms with Crippen LogP contribution in [-0.4, -0.2) is 29.3 Å². The molecule has 0 saturated heterocycles. The lowest BCUT2D eigenvalue weighted by molar-refractivity contribution is 0.594. The molecule has 2 heterocycles. The molecule has 10 heteroatoms. The van der Waals surface area contributed by atoms with Crippen molar-refractivity contribution in [3.8, 4) is 0 Å². The van der Waals surface area contributed by atoms with Crippen LogP contribution >= 0.6 is 46.6 Å². The molecule has 0 aliphatic carbocycles. The molecule has 0 atom stereocenters. The van der Waals surface area contributed by atoms with Crippen LogP contribution in [0.15, 0.2) is 39.1 Å². The molecule has 5 nitrogen and oxygen atoms in total. The number of halogens is 3. The standard InChI is InChI=1S/C14H10Cl3N3O2S2/c1-7-5-11(17)20-13(18-7)12(14(19-20)23-2)24(21,22)10-4-3-8(15)6-9(10)16/h3-6H,1-2H3. The third kappa shape index (κ3) is 2.88. The predicted molar refractivity (Wildman–Crippen MR) is 96.4 cm³/mol. The molecule has 1 aromatic carbocycles. The molecular formula is C14H10Cl3N3O2S2. The van der Waals surface area contributed by atoms with E-state index in [9.17, 15) is 8.42 Å². The normalized spacial score (nSPS) is 12.0. The fourth-order valence-corrected chi connectivity index (χ4v) is 5.66. The van der Waals surface area contributed by atoms with Gasteiger partial charge in [-0.2, -0.15) is 5.10 Å². The Hall–Kier alpha value is -0.990. The van der Waals surface area contributed by atoms with Gasteiger partial charge in [0.05, 0.1) is 9.92 Å². The average molecular weight is 423 g/mol. The lowest BCUT2D eigenvalue weighted by Gasteiger charge is -2.07. The predicted octanol–water partition coefficient (Wildman–Crippen LogP) is 4.55. The van der Waals surface area contributed by atoms with E-state index in [1.807, 2.05) is 0 Å². The van der Waals surface area contributed by atoms with E-state index in [4.69, 9.17) is 34.8 Å². The Morgan fingerprint density at radius 2 is 1.88 bits per heavy atom. The van der Waals surface area contributed by atoms with E-state index in [1.54, 1.807) is 19.2 Å². The van der Waals surface area contributed by atoms with Crippen LogP contribution in [0.2, 0.25) is 15.2 Å². The molecule has 0 N–H and O–H groups in total. The van der Waals surface area contributed by atoms with Crippen molar-refractivity contribution in [2.75, 3.05) is 6.26 Å². The lowest BCUT2D eigenvalue weighted by Crippen LogP contribution is -2.05. The van der Waals surface area contributed by atoms with E-state index < -0.39 is 9.84 Å². The first-order valence-corrected chi connectivity index (χ1v) is 10.4. The van der Waals surface area contributed by atoms with Gasteiger partial charge in [-0.05, 0) is 37.4 Å². The van der Waals surface area contributed by atoms with Gasteiger partial charge in [0, 0.05) is 10.7 Å². The molecule has 0 unspecified atom stereocenters. The van der Waals surface area contributed by atoms with Crippen LogP contribution in [0.4, 0.5) is 0 Å². The maximum Gasteiger partial charge on any atom is 0.214 e. The Balaban J connectivity index is 2.39. The summed E-state index contributed by atoms with van der Waals surface area (Å²) < 4.78 is 27.6. The van der Waals surface area contributed by atoms with Crippen molar-refractivity contribution in [3.05, 3.63) is 45.2 Å². The zero-order valence-corrected chi connectivity index (χ0v) is 16.3. The molecular weight excluding hydrogens is 413 g/mol. The maximum absolute atomic E-state index is 13.2. The molecule has 0 radical (unpaired) electrons. The van der Waals surface area contributed by atoms with Crippen LogP contribution in [0.5, 0.6) is 0 Å². The zero-order chi connectivity index (χ0) is 17.6. The molecule has 0 spiro atoms. The van der Waals surface area contributed by atoms with Crippen molar-refractivity contribution in [3.63, 3.8) is 0 Å². The smallest absolute Gasteiger partial charge is 0.214 e. The van der Waals surface area contributed by atoms with Gasteiger partial charge in [0.25, 0.3) is 0 Å². The Labute approximate surface area is 157 Å². The minimum absolute atomic E-state index is 0.0233. The Bertz CT molecular complexity index is 1060. The summed E-state index contributed by atoms with van der Waals surface area (Å²) in [5.74, 6) is 0. The molecule has 0 aliphatic heterocycles. The van der Waals surface area contributed by atoms with Gasteiger partial charge in [0.2, 0.25) is 9.84 Å². The highest BCUT2D eigenvalue weighted by Gasteiger charge is 2.31. The second kappa shape index (κ2) is 6.38. The van der Waals surface area contributed by atoms with Gasteiger partial charge in [0.1, 0.15) is 10.2 Å². The van der Waals surface area contributed by atoms with Crippen molar-refractivity contribution in [2.45, 2.75) is 21.7 Å². The topological polar surface area (TPSA) is 64.3 Å². The Morgan fingerprint density at radius 3 is 2.50 bits per heavy atom. The minimum Gasteiger partial charge on any atom is -0.233 e. The molecule has 24 heavy (non-hydrogen) atoms. The summed E-state index contributed by atoms with van der Waals surface area (Å²) in [6.45, 7) is 1.73. The SMILES string of the molecule is CSc1nn2c(Cl)cc(C)nc2c1S(=O)(=O)c1ccc(Cl)cc1Cl. The van der Waals surface area contributed by atoms with Crippen molar-refractivity contribution < 1.29 is 8.42 Å². The summed E-state index contributed by atoms with van der Waals surface area (Å²) in [5, 5.41) is 5.20. The van der Waals surface area contributed by atoms with E-state index in [2.05, 4.69) is 10.1 Å². The van der Waals surface area contributed by atoms with E-state index in [0.29, 0.717) is 15.7 Å². The highest BCUT2D eigenvalue weighted by atomic mass is 35.5. The number of fused-ring (bicyclic) bond motifs is 1. The molecule has 3 aromatic rings. The number of rotatable bonds is 3. The van der Waals surface area contributed by atoms with Crippen LogP contribution in [0.25, 0.3) is 5.65 Å². The Morgan fingerprint density at radius 1 is 1.17 bits per heavy atom. The average Bonchev–Trinajstić information content (AvgIpc) is 2.86. The monoisotopic (exact) mass is 421 g/mol. The van der Waals surface area contributed by atoms with Crippen molar-refractivity contribution >= 4 is 62.0 Å². The largest absolute Gasteiger partial charge is 0.233 e. The number of hydrogen-bond donors (Lipinski definition) is 0. The van der Waals surface area contributed by atoms with Gasteiger partial charge in [0.15, 0.2) is 10.5 Å². The van der Waals surface area contributed by atoms with Crippen molar-refractivity contribution in [1.29, 1.82) is 0 Å². The van der Waals surface area contributed by atoms with Crippen molar-refractivity contribution in [2.24, 2.45) is 0 Å².